The number of rotatable bonds is 6. The number of carbonyl (C=O) groups is 1. The summed E-state index contributed by atoms with van der Waals surface area (Å²) in [6.45, 7) is 3.63. The van der Waals surface area contributed by atoms with Crippen LogP contribution in [0.3, 0.4) is 0 Å². The van der Waals surface area contributed by atoms with E-state index in [-0.39, 0.29) is 5.97 Å². The number of esters is 1. The van der Waals surface area contributed by atoms with Crippen molar-refractivity contribution in [1.82, 2.24) is 0 Å². The number of ether oxygens (including phenoxy) is 2. The van der Waals surface area contributed by atoms with Crippen molar-refractivity contribution >= 4 is 22.4 Å². The predicted molar refractivity (Wildman–Crippen MR) is 111 cm³/mol. The Hall–Kier alpha value is -2.85. The molecule has 0 saturated carbocycles. The van der Waals surface area contributed by atoms with E-state index in [2.05, 4.69) is 35.2 Å². The number of benzene rings is 3. The number of anilines is 1. The Morgan fingerprint density at radius 2 is 1.64 bits per heavy atom. The zero-order valence-corrected chi connectivity index (χ0v) is 15.8. The highest BCUT2D eigenvalue weighted by Gasteiger charge is 2.15. The minimum Gasteiger partial charge on any atom is -0.461 e. The van der Waals surface area contributed by atoms with Crippen molar-refractivity contribution < 1.29 is 14.3 Å². The maximum Gasteiger partial charge on any atom is 0.310 e. The molecule has 1 fully saturated rings. The molecular formula is C24H24NO3. The number of morpholine rings is 1. The van der Waals surface area contributed by atoms with Crippen molar-refractivity contribution in [2.75, 3.05) is 31.2 Å². The Labute approximate surface area is 165 Å². The van der Waals surface area contributed by atoms with Gasteiger partial charge in [-0.3, -0.25) is 4.79 Å². The first-order valence-electron chi connectivity index (χ1n) is 9.68. The Kier molecular flexibility index (Phi) is 5.88. The summed E-state index contributed by atoms with van der Waals surface area (Å²) in [6.07, 6.45) is 2.18. The number of hydrogen-bond acceptors (Lipinski definition) is 4. The maximum absolute atomic E-state index is 12.1. The molecule has 1 radical (unpaired) electrons. The molecular weight excluding hydrogens is 350 g/mol. The van der Waals surface area contributed by atoms with Crippen molar-refractivity contribution in [3.8, 4) is 0 Å². The highest BCUT2D eigenvalue weighted by atomic mass is 16.5. The average molecular weight is 374 g/mol. The molecule has 0 bridgehead atoms. The molecule has 1 saturated heterocycles. The number of hydrogen-bond donors (Lipinski definition) is 0. The third kappa shape index (κ3) is 4.34. The predicted octanol–water partition coefficient (Wildman–Crippen LogP) is 4.17. The fourth-order valence-corrected chi connectivity index (χ4v) is 3.58. The largest absolute Gasteiger partial charge is 0.461 e. The van der Waals surface area contributed by atoms with Gasteiger partial charge in [-0.1, -0.05) is 60.7 Å². The van der Waals surface area contributed by atoms with Crippen molar-refractivity contribution in [3.63, 3.8) is 0 Å². The van der Waals surface area contributed by atoms with Gasteiger partial charge in [0, 0.05) is 24.2 Å². The zero-order valence-electron chi connectivity index (χ0n) is 15.8. The van der Waals surface area contributed by atoms with E-state index in [0.717, 1.165) is 37.4 Å². The Balaban J connectivity index is 1.44. The van der Waals surface area contributed by atoms with Crippen molar-refractivity contribution in [2.24, 2.45) is 0 Å². The summed E-state index contributed by atoms with van der Waals surface area (Å²) in [5.41, 5.74) is 3.35. The molecule has 3 aromatic carbocycles. The summed E-state index contributed by atoms with van der Waals surface area (Å²) in [7, 11) is 0. The van der Waals surface area contributed by atoms with E-state index in [4.69, 9.17) is 9.47 Å². The summed E-state index contributed by atoms with van der Waals surface area (Å²) in [6, 6.07) is 22.4. The number of fused-ring (bicyclic) bond motifs is 1. The van der Waals surface area contributed by atoms with Gasteiger partial charge in [-0.15, -0.1) is 0 Å². The van der Waals surface area contributed by atoms with Crippen LogP contribution in [0.15, 0.2) is 66.7 Å². The second kappa shape index (κ2) is 8.89. The van der Waals surface area contributed by atoms with Gasteiger partial charge < -0.3 is 14.4 Å². The lowest BCUT2D eigenvalue weighted by Crippen LogP contribution is -2.36. The minimum absolute atomic E-state index is 0.287. The lowest BCUT2D eigenvalue weighted by molar-refractivity contribution is -0.140. The Morgan fingerprint density at radius 3 is 2.43 bits per heavy atom. The molecule has 143 valence electrons. The van der Waals surface area contributed by atoms with Gasteiger partial charge in [-0.2, -0.15) is 0 Å². The second-order valence-corrected chi connectivity index (χ2v) is 6.89. The lowest BCUT2D eigenvalue weighted by Gasteiger charge is -2.30. The van der Waals surface area contributed by atoms with Gasteiger partial charge in [0.15, 0.2) is 0 Å². The van der Waals surface area contributed by atoms with Crippen LogP contribution in [0.2, 0.25) is 0 Å². The van der Waals surface area contributed by atoms with Crippen LogP contribution in [0.1, 0.15) is 11.1 Å². The van der Waals surface area contributed by atoms with Crippen LogP contribution in [-0.2, 0) is 27.3 Å². The SMILES string of the molecule is O=C([CH]Cc1ccc(N2CCOCC2)c2ccccc12)OCc1ccccc1. The van der Waals surface area contributed by atoms with Gasteiger partial charge in [0.2, 0.25) is 0 Å². The van der Waals surface area contributed by atoms with Crippen LogP contribution < -0.4 is 4.90 Å². The van der Waals surface area contributed by atoms with Crippen molar-refractivity contribution in [3.05, 3.63) is 84.3 Å². The van der Waals surface area contributed by atoms with E-state index in [1.54, 1.807) is 6.42 Å². The van der Waals surface area contributed by atoms with Crippen LogP contribution in [0.25, 0.3) is 10.8 Å². The Morgan fingerprint density at radius 1 is 0.929 bits per heavy atom. The third-order valence-electron chi connectivity index (χ3n) is 5.06. The third-order valence-corrected chi connectivity index (χ3v) is 5.06. The lowest BCUT2D eigenvalue weighted by atomic mass is 9.99. The molecule has 1 aliphatic heterocycles. The topological polar surface area (TPSA) is 38.8 Å². The van der Waals surface area contributed by atoms with Crippen LogP contribution in [-0.4, -0.2) is 32.3 Å². The molecule has 28 heavy (non-hydrogen) atoms. The quantitative estimate of drug-likeness (QED) is 0.607. The molecule has 4 heteroatoms. The fraction of sp³-hybridized carbons (Fsp3) is 0.250. The highest BCUT2D eigenvalue weighted by Crippen LogP contribution is 2.30. The van der Waals surface area contributed by atoms with E-state index >= 15 is 0 Å². The summed E-state index contributed by atoms with van der Waals surface area (Å²) in [5.74, 6) is -0.287. The van der Waals surface area contributed by atoms with E-state index in [9.17, 15) is 4.79 Å². The van der Waals surface area contributed by atoms with Crippen LogP contribution in [0.5, 0.6) is 0 Å². The molecule has 4 rings (SSSR count). The molecule has 0 unspecified atom stereocenters. The van der Waals surface area contributed by atoms with Gasteiger partial charge >= 0.3 is 5.97 Å². The van der Waals surface area contributed by atoms with Gasteiger partial charge in [-0.25, -0.2) is 0 Å². The smallest absolute Gasteiger partial charge is 0.310 e. The molecule has 0 amide bonds. The number of nitrogens with zero attached hydrogens (tertiary/aromatic N) is 1. The first-order chi connectivity index (χ1) is 13.8. The van der Waals surface area contributed by atoms with E-state index in [1.807, 2.05) is 36.4 Å². The maximum atomic E-state index is 12.1. The van der Waals surface area contributed by atoms with Crippen molar-refractivity contribution in [2.45, 2.75) is 13.0 Å². The summed E-state index contributed by atoms with van der Waals surface area (Å²) in [4.78, 5) is 14.5. The normalized spacial score (nSPS) is 14.2. The fourth-order valence-electron chi connectivity index (χ4n) is 3.58. The molecule has 0 aromatic heterocycles. The van der Waals surface area contributed by atoms with Gasteiger partial charge in [0.25, 0.3) is 0 Å². The summed E-state index contributed by atoms with van der Waals surface area (Å²) >= 11 is 0. The molecule has 1 aliphatic rings. The monoisotopic (exact) mass is 374 g/mol. The summed E-state index contributed by atoms with van der Waals surface area (Å²) < 4.78 is 10.8. The average Bonchev–Trinajstić information content (AvgIpc) is 2.77. The van der Waals surface area contributed by atoms with Crippen LogP contribution >= 0.6 is 0 Å². The van der Waals surface area contributed by atoms with Gasteiger partial charge in [-0.05, 0) is 29.0 Å². The first kappa shape index (κ1) is 18.5. The second-order valence-electron chi connectivity index (χ2n) is 6.89. The molecule has 1 heterocycles. The van der Waals surface area contributed by atoms with E-state index in [0.29, 0.717) is 13.0 Å². The molecule has 0 atom stereocenters. The van der Waals surface area contributed by atoms with Crippen molar-refractivity contribution in [1.29, 1.82) is 0 Å². The van der Waals surface area contributed by atoms with Crippen LogP contribution in [0, 0.1) is 6.42 Å². The van der Waals surface area contributed by atoms with Crippen LogP contribution in [0.4, 0.5) is 5.69 Å². The molecule has 0 N–H and O–H groups in total. The molecule has 0 spiro atoms. The van der Waals surface area contributed by atoms with E-state index in [1.165, 1.54) is 16.5 Å². The molecule has 3 aromatic rings. The highest BCUT2D eigenvalue weighted by molar-refractivity contribution is 5.97. The van der Waals surface area contributed by atoms with Gasteiger partial charge in [0.05, 0.1) is 19.6 Å². The van der Waals surface area contributed by atoms with Gasteiger partial charge in [0.1, 0.15) is 6.61 Å². The standard InChI is InChI=1S/C24H24NO3/c26-24(28-18-19-6-2-1-3-7-19)13-11-20-10-12-23(25-14-16-27-17-15-25)22-9-5-4-8-21(20)22/h1-10,12-13H,11,14-18H2. The molecule has 0 aliphatic carbocycles. The molecule has 4 nitrogen and oxygen atoms in total. The summed E-state index contributed by atoms with van der Waals surface area (Å²) in [5, 5.41) is 2.39. The Bertz CT molecular complexity index is 933. The zero-order chi connectivity index (χ0) is 19.2. The van der Waals surface area contributed by atoms with E-state index < -0.39 is 0 Å². The first-order valence-corrected chi connectivity index (χ1v) is 9.68. The minimum atomic E-state index is -0.287. The number of carbonyl (C=O) groups excluding carboxylic acids is 1.